The first-order valence-electron chi connectivity index (χ1n) is 18.6. The summed E-state index contributed by atoms with van der Waals surface area (Å²) in [6.07, 6.45) is 11.1. The Balaban J connectivity index is 0.000000181. The van der Waals surface area contributed by atoms with E-state index < -0.39 is 15.8 Å². The molecule has 2 atom stereocenters. The van der Waals surface area contributed by atoms with Gasteiger partial charge >= 0.3 is 0 Å². The van der Waals surface area contributed by atoms with E-state index in [-0.39, 0.29) is 29.2 Å². The van der Waals surface area contributed by atoms with Crippen molar-refractivity contribution in [2.45, 2.75) is 46.7 Å². The predicted molar refractivity (Wildman–Crippen MR) is 226 cm³/mol. The van der Waals surface area contributed by atoms with Gasteiger partial charge in [0.25, 0.3) is 0 Å². The molecular formula is C47H48FeN2O2P2. The number of ether oxygens (including phenoxy) is 2. The maximum Gasteiger partial charge on any atom is 0.192 e. The Kier molecular flexibility index (Phi) is 14.7. The van der Waals surface area contributed by atoms with Crippen LogP contribution in [0.5, 0.6) is 0 Å². The minimum absolute atomic E-state index is 0. The topological polar surface area (TPSA) is 43.2 Å². The number of hydrogen-bond acceptors (Lipinski definition) is 4. The maximum atomic E-state index is 6.05. The Hall–Kier alpha value is -2.80. The largest absolute Gasteiger partial charge is 0.478 e. The van der Waals surface area contributed by atoms with E-state index in [0.717, 1.165) is 23.6 Å². The molecule has 10 radical (unpaired) electrons. The van der Waals surface area contributed by atoms with Gasteiger partial charge < -0.3 is 9.47 Å². The van der Waals surface area contributed by atoms with Crippen LogP contribution >= 0.6 is 15.8 Å². The number of rotatable bonds is 10. The van der Waals surface area contributed by atoms with Crippen molar-refractivity contribution in [1.29, 1.82) is 0 Å². The molecule has 8 rings (SSSR count). The average Bonchev–Trinajstić information content (AvgIpc) is 4.02. The molecule has 276 valence electrons. The standard InChI is InChI=1S/C24H25NOP.C23H23NOP.Fe/c1-17(2)22-16-26-24(25-22)21-14-18(3)15-23(21)27(19-10-6-4-7-11-19)20-12-8-5-9-13-20;1-17(2)21-16-25-23(24-21)20-14-9-15-22(20)26(18-10-5-3-6-11-18)19-12-7-4-8-13-19;/h4-15,17,22H,16H2,1-3H3;3-15,17,21H,16H2,1-2H3;/t22-;21-;/m11./s1. The Labute approximate surface area is 338 Å². The van der Waals surface area contributed by atoms with Gasteiger partial charge in [0, 0.05) is 28.4 Å². The van der Waals surface area contributed by atoms with E-state index in [2.05, 4.69) is 188 Å². The molecule has 2 fully saturated rings. The molecule has 7 heteroatoms. The molecule has 2 saturated carbocycles. The number of benzene rings is 4. The van der Waals surface area contributed by atoms with Crippen molar-refractivity contribution in [1.82, 2.24) is 0 Å². The predicted octanol–water partition coefficient (Wildman–Crippen LogP) is 9.00. The fourth-order valence-electron chi connectivity index (χ4n) is 6.70. The quantitative estimate of drug-likeness (QED) is 0.119. The van der Waals surface area contributed by atoms with E-state index in [0.29, 0.717) is 25.0 Å². The Morgan fingerprint density at radius 1 is 0.519 bits per heavy atom. The average molecular weight is 791 g/mol. The van der Waals surface area contributed by atoms with Crippen molar-refractivity contribution in [3.8, 4) is 0 Å². The molecule has 0 saturated heterocycles. The molecule has 0 aromatic heterocycles. The Morgan fingerprint density at radius 3 is 1.30 bits per heavy atom. The van der Waals surface area contributed by atoms with Gasteiger partial charge in [0.2, 0.25) is 0 Å². The van der Waals surface area contributed by atoms with Crippen LogP contribution in [0.25, 0.3) is 0 Å². The van der Waals surface area contributed by atoms with Crippen LogP contribution in [0.3, 0.4) is 0 Å². The molecule has 54 heavy (non-hydrogen) atoms. The molecule has 0 spiro atoms. The molecule has 2 aliphatic carbocycles. The number of hydrogen-bond donors (Lipinski definition) is 0. The van der Waals surface area contributed by atoms with Gasteiger partial charge in [0.05, 0.1) is 23.9 Å². The van der Waals surface area contributed by atoms with Gasteiger partial charge in [-0.2, -0.15) is 0 Å². The zero-order valence-electron chi connectivity index (χ0n) is 31.6. The summed E-state index contributed by atoms with van der Waals surface area (Å²) >= 11 is 0. The summed E-state index contributed by atoms with van der Waals surface area (Å²) in [6, 6.07) is 43.6. The van der Waals surface area contributed by atoms with Crippen LogP contribution in [0.2, 0.25) is 0 Å². The van der Waals surface area contributed by atoms with Crippen LogP contribution in [0.15, 0.2) is 131 Å². The summed E-state index contributed by atoms with van der Waals surface area (Å²) in [5.41, 5.74) is 2.66. The number of aliphatic imine (C=N–C) groups is 2. The molecule has 4 aromatic carbocycles. The second kappa shape index (κ2) is 19.4. The summed E-state index contributed by atoms with van der Waals surface area (Å²) in [6.45, 7) is 12.3. The molecular weight excluding hydrogens is 742 g/mol. The zero-order valence-corrected chi connectivity index (χ0v) is 34.5. The molecule has 4 aromatic rings. The van der Waals surface area contributed by atoms with Crippen molar-refractivity contribution < 1.29 is 26.5 Å². The van der Waals surface area contributed by atoms with Gasteiger partial charge in [-0.3, -0.25) is 0 Å². The zero-order chi connectivity index (χ0) is 36.7. The first kappa shape index (κ1) is 40.9. The van der Waals surface area contributed by atoms with Gasteiger partial charge in [-0.05, 0) is 86.9 Å². The van der Waals surface area contributed by atoms with E-state index in [4.69, 9.17) is 19.5 Å². The third-order valence-corrected chi connectivity index (χ3v) is 14.7. The van der Waals surface area contributed by atoms with E-state index in [9.17, 15) is 0 Å². The minimum atomic E-state index is -0.652. The normalized spacial score (nSPS) is 21.2. The van der Waals surface area contributed by atoms with Crippen molar-refractivity contribution in [3.05, 3.63) is 183 Å². The van der Waals surface area contributed by atoms with Gasteiger partial charge in [-0.25, -0.2) is 9.98 Å². The number of nitrogens with zero attached hydrogens (tertiary/aromatic N) is 2. The van der Waals surface area contributed by atoms with E-state index in [1.807, 2.05) is 0 Å². The van der Waals surface area contributed by atoms with Crippen LogP contribution in [0, 0.1) is 73.0 Å². The molecule has 4 aliphatic rings. The van der Waals surface area contributed by atoms with E-state index >= 15 is 0 Å². The van der Waals surface area contributed by atoms with Crippen LogP contribution in [0.1, 0.15) is 34.6 Å². The minimum Gasteiger partial charge on any atom is -0.478 e. The van der Waals surface area contributed by atoms with E-state index in [1.165, 1.54) is 38.5 Å². The van der Waals surface area contributed by atoms with Gasteiger partial charge in [0.1, 0.15) is 13.2 Å². The molecule has 0 unspecified atom stereocenters. The van der Waals surface area contributed by atoms with Crippen molar-refractivity contribution in [2.75, 3.05) is 13.2 Å². The Bertz CT molecular complexity index is 1710. The fraction of sp³-hybridized carbons (Fsp3) is 0.234. The summed E-state index contributed by atoms with van der Waals surface area (Å²) in [5.74, 6) is 6.18. The third-order valence-electron chi connectivity index (χ3n) is 9.69. The van der Waals surface area contributed by atoms with Crippen molar-refractivity contribution in [3.63, 3.8) is 0 Å². The summed E-state index contributed by atoms with van der Waals surface area (Å²) in [7, 11) is -1.29. The molecule has 0 amide bonds. The fourth-order valence-corrected chi connectivity index (χ4v) is 11.7. The van der Waals surface area contributed by atoms with Crippen LogP contribution in [-0.2, 0) is 26.5 Å². The third kappa shape index (κ3) is 9.59. The van der Waals surface area contributed by atoms with Gasteiger partial charge in [-0.1, -0.05) is 156 Å². The van der Waals surface area contributed by atoms with Crippen LogP contribution in [-0.4, -0.2) is 37.1 Å². The first-order chi connectivity index (χ1) is 25.9. The second-order valence-electron chi connectivity index (χ2n) is 14.3. The SMILES string of the molecule is CC(C)[C@H]1COC([C]2[CH][CH][CH][C]2P(c2ccccc2)c2ccccc2)=N1.C[C]1[CH][C](C2=N[C@@H](C(C)C)CO2)[C](P(c2ccccc2)c2ccccc2)[CH]1.[Fe]. The molecule has 0 bridgehead atoms. The summed E-state index contributed by atoms with van der Waals surface area (Å²) in [4.78, 5) is 9.77. The van der Waals surface area contributed by atoms with Crippen LogP contribution < -0.4 is 21.2 Å². The van der Waals surface area contributed by atoms with Crippen molar-refractivity contribution >= 4 is 48.9 Å². The first-order valence-corrected chi connectivity index (χ1v) is 21.3. The summed E-state index contributed by atoms with van der Waals surface area (Å²) in [5, 5.41) is 5.40. The molecule has 2 aliphatic heterocycles. The molecule has 0 N–H and O–H groups in total. The Morgan fingerprint density at radius 2 is 0.907 bits per heavy atom. The van der Waals surface area contributed by atoms with E-state index in [1.54, 1.807) is 0 Å². The molecule has 4 nitrogen and oxygen atoms in total. The van der Waals surface area contributed by atoms with Crippen LogP contribution in [0.4, 0.5) is 0 Å². The van der Waals surface area contributed by atoms with Gasteiger partial charge in [0.15, 0.2) is 11.8 Å². The maximum absolute atomic E-state index is 6.05. The van der Waals surface area contributed by atoms with Crippen molar-refractivity contribution in [2.24, 2.45) is 21.8 Å². The monoisotopic (exact) mass is 790 g/mol. The second-order valence-corrected chi connectivity index (χ2v) is 18.7. The smallest absolute Gasteiger partial charge is 0.192 e. The molecule has 2 heterocycles. The van der Waals surface area contributed by atoms with Gasteiger partial charge in [-0.15, -0.1) is 0 Å². The summed E-state index contributed by atoms with van der Waals surface area (Å²) < 4.78 is 12.0.